The van der Waals surface area contributed by atoms with Gasteiger partial charge in [0, 0.05) is 43.2 Å². The number of halogens is 3. The minimum atomic E-state index is -4.87. The molecule has 0 bridgehead atoms. The number of aliphatic hydroxyl groups excluding tert-OH is 2. The second-order valence-corrected chi connectivity index (χ2v) is 12.3. The molecule has 0 aliphatic heterocycles. The van der Waals surface area contributed by atoms with Crippen molar-refractivity contribution in [2.45, 2.75) is 31.8 Å². The van der Waals surface area contributed by atoms with Gasteiger partial charge in [-0.2, -0.15) is 0 Å². The molecule has 13 nitrogen and oxygen atoms in total. The maximum absolute atomic E-state index is 14.0. The SMILES string of the molecule is CN(C)c1cc(CNC(=O)Nc2ccc(OC(F)(F)F)cc2)c(O)c2c1C[C@H]1CC3C(C(=O)C(C(N)=O)=C(O)C3N(C)C)C(=O)C1=C2O. The summed E-state index contributed by atoms with van der Waals surface area (Å²) in [7, 11) is 6.74. The summed E-state index contributed by atoms with van der Waals surface area (Å²) in [6, 6.07) is 4.45. The molecule has 2 aromatic carbocycles. The molecule has 0 heterocycles. The molecule has 16 heteroatoms. The molecule has 0 spiro atoms. The highest BCUT2D eigenvalue weighted by Gasteiger charge is 2.56. The van der Waals surface area contributed by atoms with Crippen molar-refractivity contribution in [3.8, 4) is 11.5 Å². The van der Waals surface area contributed by atoms with E-state index in [9.17, 15) is 47.7 Å². The molecule has 3 aliphatic rings. The molecular formula is C32H34F3N5O8. The average Bonchev–Trinajstić information content (AvgIpc) is 2.96. The third-order valence-corrected chi connectivity index (χ3v) is 8.89. The Balaban J connectivity index is 1.45. The summed E-state index contributed by atoms with van der Waals surface area (Å²) >= 11 is 0. The number of hydrogen-bond acceptors (Lipinski definition) is 10. The molecule has 0 aromatic heterocycles. The number of ether oxygens (including phenoxy) is 1. The van der Waals surface area contributed by atoms with Gasteiger partial charge in [0.2, 0.25) is 0 Å². The monoisotopic (exact) mass is 673 g/mol. The van der Waals surface area contributed by atoms with Crippen molar-refractivity contribution < 1.29 is 52.4 Å². The number of carbonyl (C=O) groups is 4. The van der Waals surface area contributed by atoms with Gasteiger partial charge in [-0.3, -0.25) is 19.3 Å². The van der Waals surface area contributed by atoms with Gasteiger partial charge in [0.1, 0.15) is 28.6 Å². The Morgan fingerprint density at radius 1 is 1.04 bits per heavy atom. The summed E-state index contributed by atoms with van der Waals surface area (Å²) < 4.78 is 41.1. The molecule has 3 amide bonds. The molecule has 256 valence electrons. The number of nitrogens with two attached hydrogens (primary N) is 1. The number of carbonyl (C=O) groups excluding carboxylic acids is 4. The lowest BCUT2D eigenvalue weighted by Gasteiger charge is -2.46. The van der Waals surface area contributed by atoms with E-state index in [-0.39, 0.29) is 41.8 Å². The fraction of sp³-hybridized carbons (Fsp3) is 0.375. The van der Waals surface area contributed by atoms with E-state index in [0.717, 1.165) is 12.1 Å². The lowest BCUT2D eigenvalue weighted by Crippen LogP contribution is -2.55. The molecule has 0 saturated heterocycles. The fourth-order valence-electron chi connectivity index (χ4n) is 6.99. The zero-order valence-corrected chi connectivity index (χ0v) is 26.3. The normalized spacial score (nSPS) is 22.2. The molecule has 3 aliphatic carbocycles. The molecule has 7 N–H and O–H groups in total. The number of benzene rings is 2. The average molecular weight is 674 g/mol. The molecule has 48 heavy (non-hydrogen) atoms. The number of phenolic OH excluding ortho intramolecular Hbond substituents is 1. The lowest BCUT2D eigenvalue weighted by atomic mass is 9.59. The number of allylic oxidation sites excluding steroid dienone is 1. The maximum Gasteiger partial charge on any atom is 0.573 e. The molecule has 5 rings (SSSR count). The number of Topliss-reactive ketones (excluding diaryl/α,β-unsaturated/α-hetero) is 2. The van der Waals surface area contributed by atoms with Crippen LogP contribution in [0.1, 0.15) is 23.1 Å². The molecule has 3 unspecified atom stereocenters. The van der Waals surface area contributed by atoms with Crippen LogP contribution in [0.4, 0.5) is 29.3 Å². The summed E-state index contributed by atoms with van der Waals surface area (Å²) in [5, 5.41) is 38.9. The van der Waals surface area contributed by atoms with Crippen molar-refractivity contribution in [2.24, 2.45) is 23.5 Å². The first-order valence-electron chi connectivity index (χ1n) is 14.8. The Morgan fingerprint density at radius 3 is 2.25 bits per heavy atom. The Labute approximate surface area is 272 Å². The highest BCUT2D eigenvalue weighted by molar-refractivity contribution is 6.28. The maximum atomic E-state index is 14.0. The van der Waals surface area contributed by atoms with Crippen LogP contribution < -0.4 is 26.0 Å². The van der Waals surface area contributed by atoms with Crippen LogP contribution in [-0.4, -0.2) is 84.3 Å². The number of ketones is 2. The number of hydrogen-bond donors (Lipinski definition) is 6. The van der Waals surface area contributed by atoms with Crippen LogP contribution in [-0.2, 0) is 27.3 Å². The van der Waals surface area contributed by atoms with E-state index in [1.807, 2.05) is 0 Å². The predicted molar refractivity (Wildman–Crippen MR) is 166 cm³/mol. The second-order valence-electron chi connectivity index (χ2n) is 12.3. The topological polar surface area (TPSA) is 195 Å². The fourth-order valence-corrected chi connectivity index (χ4v) is 6.99. The van der Waals surface area contributed by atoms with Gasteiger partial charge in [-0.1, -0.05) is 0 Å². The van der Waals surface area contributed by atoms with E-state index < -0.39 is 82.3 Å². The van der Waals surface area contributed by atoms with Crippen molar-refractivity contribution in [2.75, 3.05) is 38.4 Å². The number of fused-ring (bicyclic) bond motifs is 3. The number of anilines is 2. The molecule has 2 aromatic rings. The largest absolute Gasteiger partial charge is 0.573 e. The van der Waals surface area contributed by atoms with Gasteiger partial charge in [-0.15, -0.1) is 13.2 Å². The van der Waals surface area contributed by atoms with Crippen LogP contribution in [0.2, 0.25) is 0 Å². The number of likely N-dealkylation sites (N-methyl/N-ethyl adjacent to an activating group) is 1. The van der Waals surface area contributed by atoms with Gasteiger partial charge in [0.05, 0.1) is 17.5 Å². The Hall–Kier alpha value is -5.25. The highest BCUT2D eigenvalue weighted by atomic mass is 19.4. The Morgan fingerprint density at radius 2 is 1.69 bits per heavy atom. The molecule has 1 saturated carbocycles. The minimum Gasteiger partial charge on any atom is -0.510 e. The molecule has 4 atom stereocenters. The van der Waals surface area contributed by atoms with E-state index >= 15 is 0 Å². The van der Waals surface area contributed by atoms with E-state index in [4.69, 9.17) is 5.73 Å². The first-order valence-corrected chi connectivity index (χ1v) is 14.8. The third kappa shape index (κ3) is 6.10. The minimum absolute atomic E-state index is 0.0438. The van der Waals surface area contributed by atoms with Crippen LogP contribution in [0.25, 0.3) is 5.76 Å². The van der Waals surface area contributed by atoms with E-state index in [0.29, 0.717) is 11.3 Å². The number of alkyl halides is 3. The van der Waals surface area contributed by atoms with E-state index in [1.54, 1.807) is 44.1 Å². The summed E-state index contributed by atoms with van der Waals surface area (Å²) in [6.07, 6.45) is -4.49. The summed E-state index contributed by atoms with van der Waals surface area (Å²) in [5.74, 6) is -7.48. The summed E-state index contributed by atoms with van der Waals surface area (Å²) in [5.41, 5.74) is 6.04. The standard InChI is InChI=1S/C32H34F3N5O8/c1-39(2)19-11-14(12-37-31(47)38-15-5-7-16(8-6-15)48-32(33,34)35)25(41)21-17(19)9-13-10-18-22(27(43)20(13)26(21)42)28(44)23(30(36)46)29(45)24(18)40(3)4/h5-8,11,13,18,22,24,41-42,45H,9-10,12H2,1-4H3,(H2,36,46)(H2,37,38,47)/t13-,18?,22?,24?/m0/s1. The lowest BCUT2D eigenvalue weighted by molar-refractivity contribution is -0.274. The molecular weight excluding hydrogens is 639 g/mol. The van der Waals surface area contributed by atoms with Gasteiger partial charge >= 0.3 is 12.4 Å². The quantitative estimate of drug-likeness (QED) is 0.188. The molecule has 0 radical (unpaired) electrons. The van der Waals surface area contributed by atoms with Crippen LogP contribution in [0.5, 0.6) is 11.5 Å². The van der Waals surface area contributed by atoms with Gasteiger partial charge < -0.3 is 41.3 Å². The van der Waals surface area contributed by atoms with Crippen LogP contribution in [0.15, 0.2) is 47.2 Å². The van der Waals surface area contributed by atoms with Gasteiger partial charge in [-0.05, 0) is 74.7 Å². The van der Waals surface area contributed by atoms with Crippen molar-refractivity contribution in [1.29, 1.82) is 0 Å². The van der Waals surface area contributed by atoms with Gasteiger partial charge in [-0.25, -0.2) is 4.79 Å². The van der Waals surface area contributed by atoms with Crippen molar-refractivity contribution in [1.82, 2.24) is 10.2 Å². The van der Waals surface area contributed by atoms with Gasteiger partial charge in [0.25, 0.3) is 5.91 Å². The smallest absolute Gasteiger partial charge is 0.510 e. The number of nitrogens with zero attached hydrogens (tertiary/aromatic N) is 2. The van der Waals surface area contributed by atoms with Crippen molar-refractivity contribution >= 4 is 40.6 Å². The number of aromatic hydroxyl groups is 1. The number of primary amides is 1. The number of nitrogens with one attached hydrogen (secondary N) is 2. The first-order chi connectivity index (χ1) is 22.4. The van der Waals surface area contributed by atoms with Crippen molar-refractivity contribution in [3.63, 3.8) is 0 Å². The van der Waals surface area contributed by atoms with Crippen LogP contribution >= 0.6 is 0 Å². The third-order valence-electron chi connectivity index (χ3n) is 8.89. The zero-order chi connectivity index (χ0) is 35.4. The van der Waals surface area contributed by atoms with Gasteiger partial charge in [0.15, 0.2) is 11.6 Å². The van der Waals surface area contributed by atoms with Crippen molar-refractivity contribution in [3.05, 3.63) is 63.9 Å². The zero-order valence-electron chi connectivity index (χ0n) is 26.3. The Kier molecular flexibility index (Phi) is 8.81. The summed E-state index contributed by atoms with van der Waals surface area (Å²) in [6.45, 7) is -0.263. The Bertz CT molecular complexity index is 1770. The van der Waals surface area contributed by atoms with Crippen LogP contribution in [0.3, 0.4) is 0 Å². The van der Waals surface area contributed by atoms with Crippen LogP contribution in [0, 0.1) is 17.8 Å². The summed E-state index contributed by atoms with van der Waals surface area (Å²) in [4.78, 5) is 55.6. The van der Waals surface area contributed by atoms with E-state index in [2.05, 4.69) is 15.4 Å². The van der Waals surface area contributed by atoms with E-state index in [1.165, 1.54) is 12.1 Å². The number of amides is 3. The number of rotatable bonds is 7. The first kappa shape index (κ1) is 34.1. The number of phenols is 1. The predicted octanol–water partition coefficient (Wildman–Crippen LogP) is 3.14. The number of aliphatic hydroxyl groups is 2. The second kappa shape index (κ2) is 12.4. The highest BCUT2D eigenvalue weighted by Crippen LogP contribution is 2.52. The number of urea groups is 1. The molecule has 1 fully saturated rings.